The predicted molar refractivity (Wildman–Crippen MR) is 48.0 cm³/mol. The first-order valence-corrected chi connectivity index (χ1v) is 4.47. The van der Waals surface area contributed by atoms with Crippen molar-refractivity contribution < 1.29 is 14.3 Å². The van der Waals surface area contributed by atoms with Gasteiger partial charge in [-0.3, -0.25) is 0 Å². The summed E-state index contributed by atoms with van der Waals surface area (Å²) in [4.78, 5) is 26.1. The molecule has 0 atom stereocenters. The maximum Gasteiger partial charge on any atom is 0.365 e. The Hall–Kier alpha value is -1.71. The molecule has 2 rings (SSSR count). The maximum atomic E-state index is 11.1. The highest BCUT2D eigenvalue weighted by atomic mass is 16.6. The summed E-state index contributed by atoms with van der Waals surface area (Å²) in [5.41, 5.74) is 1.38. The number of aromatic nitrogens is 1. The summed E-state index contributed by atoms with van der Waals surface area (Å²) < 4.78 is 4.42. The molecule has 4 nitrogen and oxygen atoms in total. The van der Waals surface area contributed by atoms with Crippen LogP contribution in [0.2, 0.25) is 0 Å². The normalized spacial score (nSPS) is 14.1. The van der Waals surface area contributed by atoms with Crippen LogP contribution in [0.4, 0.5) is 0 Å². The predicted octanol–water partition coefficient (Wildman–Crippen LogP) is 1.34. The van der Waals surface area contributed by atoms with Crippen LogP contribution in [-0.4, -0.2) is 16.9 Å². The molecule has 0 N–H and O–H groups in total. The Labute approximate surface area is 80.9 Å². The van der Waals surface area contributed by atoms with Gasteiger partial charge in [0.1, 0.15) is 0 Å². The molecule has 0 aliphatic carbocycles. The SMILES string of the molecule is CCCc1cnc2c(c1)C(=O)OC2=O. The van der Waals surface area contributed by atoms with E-state index in [1.54, 1.807) is 12.3 Å². The molecule has 1 aromatic rings. The molecule has 1 aliphatic rings. The molecule has 0 radical (unpaired) electrons. The smallest absolute Gasteiger partial charge is 0.365 e. The van der Waals surface area contributed by atoms with Crippen LogP contribution in [0.25, 0.3) is 0 Å². The monoisotopic (exact) mass is 191 g/mol. The second-order valence-corrected chi connectivity index (χ2v) is 3.17. The van der Waals surface area contributed by atoms with E-state index in [4.69, 9.17) is 0 Å². The van der Waals surface area contributed by atoms with Gasteiger partial charge >= 0.3 is 11.9 Å². The largest absolute Gasteiger partial charge is 0.384 e. The fourth-order valence-electron chi connectivity index (χ4n) is 1.44. The van der Waals surface area contributed by atoms with Crippen LogP contribution >= 0.6 is 0 Å². The van der Waals surface area contributed by atoms with E-state index in [1.165, 1.54) is 0 Å². The average Bonchev–Trinajstić information content (AvgIpc) is 2.43. The van der Waals surface area contributed by atoms with Crippen molar-refractivity contribution in [3.63, 3.8) is 0 Å². The Morgan fingerprint density at radius 3 is 2.86 bits per heavy atom. The summed E-state index contributed by atoms with van der Waals surface area (Å²) in [6.07, 6.45) is 3.44. The van der Waals surface area contributed by atoms with Crippen LogP contribution in [0, 0.1) is 0 Å². The summed E-state index contributed by atoms with van der Waals surface area (Å²) in [6, 6.07) is 1.68. The minimum absolute atomic E-state index is 0.134. The number of pyridine rings is 1. The number of hydrogen-bond donors (Lipinski definition) is 0. The minimum Gasteiger partial charge on any atom is -0.384 e. The summed E-state index contributed by atoms with van der Waals surface area (Å²) in [5.74, 6) is -1.23. The van der Waals surface area contributed by atoms with Gasteiger partial charge in [0.2, 0.25) is 0 Å². The number of fused-ring (bicyclic) bond motifs is 1. The Morgan fingerprint density at radius 1 is 1.36 bits per heavy atom. The fourth-order valence-corrected chi connectivity index (χ4v) is 1.44. The van der Waals surface area contributed by atoms with Crippen LogP contribution in [0.15, 0.2) is 12.3 Å². The third-order valence-electron chi connectivity index (χ3n) is 2.08. The van der Waals surface area contributed by atoms with Gasteiger partial charge in [0.15, 0.2) is 5.69 Å². The molecule has 1 aliphatic heterocycles. The second kappa shape index (κ2) is 3.21. The minimum atomic E-state index is -0.645. The topological polar surface area (TPSA) is 56.3 Å². The molecule has 1 aromatic heterocycles. The third-order valence-corrected chi connectivity index (χ3v) is 2.08. The lowest BCUT2D eigenvalue weighted by molar-refractivity contribution is 0.0441. The zero-order valence-corrected chi connectivity index (χ0v) is 7.74. The molecule has 0 saturated heterocycles. The van der Waals surface area contributed by atoms with Gasteiger partial charge in [-0.2, -0.15) is 0 Å². The summed E-state index contributed by atoms with van der Waals surface area (Å²) in [5, 5.41) is 0. The average molecular weight is 191 g/mol. The molecule has 0 amide bonds. The number of cyclic esters (lactones) is 2. The van der Waals surface area contributed by atoms with Gasteiger partial charge in [-0.25, -0.2) is 14.6 Å². The molecule has 0 saturated carbocycles. The number of aryl methyl sites for hydroxylation is 1. The number of hydrogen-bond acceptors (Lipinski definition) is 4. The highest BCUT2D eigenvalue weighted by molar-refractivity contribution is 6.13. The van der Waals surface area contributed by atoms with Gasteiger partial charge in [-0.15, -0.1) is 0 Å². The molecular weight excluding hydrogens is 182 g/mol. The van der Waals surface area contributed by atoms with Gasteiger partial charge in [0, 0.05) is 6.20 Å². The zero-order chi connectivity index (χ0) is 10.1. The van der Waals surface area contributed by atoms with Crippen molar-refractivity contribution in [2.24, 2.45) is 0 Å². The van der Waals surface area contributed by atoms with E-state index in [2.05, 4.69) is 9.72 Å². The van der Waals surface area contributed by atoms with Crippen molar-refractivity contribution in [1.82, 2.24) is 4.98 Å². The Balaban J connectivity index is 2.44. The van der Waals surface area contributed by atoms with E-state index in [1.807, 2.05) is 6.92 Å². The van der Waals surface area contributed by atoms with Crippen LogP contribution in [0.1, 0.15) is 39.8 Å². The van der Waals surface area contributed by atoms with Crippen molar-refractivity contribution in [3.8, 4) is 0 Å². The molecule has 72 valence electrons. The van der Waals surface area contributed by atoms with E-state index in [-0.39, 0.29) is 5.69 Å². The van der Waals surface area contributed by atoms with Gasteiger partial charge < -0.3 is 4.74 Å². The molecule has 0 aromatic carbocycles. The molecule has 0 bridgehead atoms. The molecule has 14 heavy (non-hydrogen) atoms. The van der Waals surface area contributed by atoms with Crippen molar-refractivity contribution >= 4 is 11.9 Å². The van der Waals surface area contributed by atoms with Crippen molar-refractivity contribution in [2.75, 3.05) is 0 Å². The van der Waals surface area contributed by atoms with E-state index < -0.39 is 11.9 Å². The van der Waals surface area contributed by atoms with Crippen molar-refractivity contribution in [2.45, 2.75) is 19.8 Å². The van der Waals surface area contributed by atoms with Gasteiger partial charge in [-0.05, 0) is 18.1 Å². The quantitative estimate of drug-likeness (QED) is 0.523. The zero-order valence-electron chi connectivity index (χ0n) is 7.74. The van der Waals surface area contributed by atoms with Gasteiger partial charge in [-0.1, -0.05) is 13.3 Å². The first kappa shape index (κ1) is 8.87. The van der Waals surface area contributed by atoms with Gasteiger partial charge in [0.05, 0.1) is 5.56 Å². The number of rotatable bonds is 2. The molecule has 2 heterocycles. The van der Waals surface area contributed by atoms with E-state index in [9.17, 15) is 9.59 Å². The Kier molecular flexibility index (Phi) is 2.04. The summed E-state index contributed by atoms with van der Waals surface area (Å²) in [7, 11) is 0. The molecule has 0 fully saturated rings. The molecule has 0 unspecified atom stereocenters. The lowest BCUT2D eigenvalue weighted by Crippen LogP contribution is -1.98. The molecular formula is C10H9NO3. The van der Waals surface area contributed by atoms with Crippen LogP contribution in [0.5, 0.6) is 0 Å². The highest BCUT2D eigenvalue weighted by Crippen LogP contribution is 2.19. The number of nitrogens with zero attached hydrogens (tertiary/aromatic N) is 1. The number of carbonyl (C=O) groups is 2. The van der Waals surface area contributed by atoms with E-state index in [0.29, 0.717) is 5.56 Å². The van der Waals surface area contributed by atoms with Crippen LogP contribution < -0.4 is 0 Å². The van der Waals surface area contributed by atoms with Crippen molar-refractivity contribution in [3.05, 3.63) is 29.1 Å². The molecule has 4 heteroatoms. The Bertz CT molecular complexity index is 412. The summed E-state index contributed by atoms with van der Waals surface area (Å²) >= 11 is 0. The lowest BCUT2D eigenvalue weighted by atomic mass is 10.1. The highest BCUT2D eigenvalue weighted by Gasteiger charge is 2.31. The Morgan fingerprint density at radius 2 is 2.14 bits per heavy atom. The lowest BCUT2D eigenvalue weighted by Gasteiger charge is -1.97. The van der Waals surface area contributed by atoms with Crippen LogP contribution in [-0.2, 0) is 11.2 Å². The van der Waals surface area contributed by atoms with Gasteiger partial charge in [0.25, 0.3) is 0 Å². The molecule has 0 spiro atoms. The first-order valence-electron chi connectivity index (χ1n) is 4.47. The first-order chi connectivity index (χ1) is 6.72. The van der Waals surface area contributed by atoms with E-state index in [0.717, 1.165) is 18.4 Å². The summed E-state index contributed by atoms with van der Waals surface area (Å²) in [6.45, 7) is 2.04. The second-order valence-electron chi connectivity index (χ2n) is 3.17. The number of carbonyl (C=O) groups excluding carboxylic acids is 2. The fraction of sp³-hybridized carbons (Fsp3) is 0.300. The van der Waals surface area contributed by atoms with Crippen LogP contribution in [0.3, 0.4) is 0 Å². The maximum absolute atomic E-state index is 11.1. The standard InChI is InChI=1S/C10H9NO3/c1-2-3-6-4-7-8(11-5-6)10(13)14-9(7)12/h4-5H,2-3H2,1H3. The van der Waals surface area contributed by atoms with Crippen molar-refractivity contribution in [1.29, 1.82) is 0 Å². The number of esters is 2. The third kappa shape index (κ3) is 1.28. The number of ether oxygens (including phenoxy) is 1. The van der Waals surface area contributed by atoms with E-state index >= 15 is 0 Å².